The summed E-state index contributed by atoms with van der Waals surface area (Å²) in [5.74, 6) is -0.606. The zero-order chi connectivity index (χ0) is 43.7. The highest BCUT2D eigenvalue weighted by Crippen LogP contribution is 2.47. The van der Waals surface area contributed by atoms with Gasteiger partial charge in [-0.2, -0.15) is 0 Å². The Morgan fingerprint density at radius 2 is 1.02 bits per heavy atom. The molecule has 1 rings (SSSR count). The van der Waals surface area contributed by atoms with Crippen molar-refractivity contribution in [3.63, 3.8) is 0 Å². The van der Waals surface area contributed by atoms with Crippen molar-refractivity contribution >= 4 is 13.7 Å². The first kappa shape index (κ1) is 55.5. The molecule has 59 heavy (non-hydrogen) atoms. The minimum absolute atomic E-state index is 0.259. The lowest BCUT2D eigenvalue weighted by molar-refractivity contribution is -0.220. The summed E-state index contributed by atoms with van der Waals surface area (Å²) in [5, 5.41) is 74.4. The van der Waals surface area contributed by atoms with Crippen LogP contribution in [-0.4, -0.2) is 108 Å². The van der Waals surface area contributed by atoms with Gasteiger partial charge in [-0.1, -0.05) is 166 Å². The molecule has 8 atom stereocenters. The first-order valence-corrected chi connectivity index (χ1v) is 24.5. The van der Waals surface area contributed by atoms with E-state index in [1.165, 1.54) is 96.0 Å². The standard InChI is InChI=1S/C45H84NO12P/c1-3-5-7-9-11-13-15-17-18-19-21-23-25-27-29-31-33-38(48)37(35-57-59(55,56)58-45-43(53)41(51)40(50)42(52)44(45)54)46-39(49)34-36(47)32-30-28-26-24-22-20-16-14-12-10-8-6-4-2/h12,14,16,20,31,33,36-38,40-45,47-48,50-54H,3-11,13,15,17-19,21-30,32,34-35H2,1-2H3,(H,46,49)(H,55,56)/b14-12-,20-16-,33-31+. The number of nitrogens with one attached hydrogen (secondary N) is 1. The molecular weight excluding hydrogens is 777 g/mol. The van der Waals surface area contributed by atoms with Crippen LogP contribution in [0.4, 0.5) is 0 Å². The Balaban J connectivity index is 2.59. The summed E-state index contributed by atoms with van der Waals surface area (Å²) < 4.78 is 22.8. The van der Waals surface area contributed by atoms with Gasteiger partial charge < -0.3 is 46.0 Å². The van der Waals surface area contributed by atoms with E-state index in [2.05, 4.69) is 43.5 Å². The fourth-order valence-electron chi connectivity index (χ4n) is 7.17. The van der Waals surface area contributed by atoms with Gasteiger partial charge in [-0.3, -0.25) is 13.8 Å². The van der Waals surface area contributed by atoms with Gasteiger partial charge in [0.15, 0.2) is 0 Å². The smallest absolute Gasteiger partial charge is 0.393 e. The third-order valence-electron chi connectivity index (χ3n) is 11.0. The molecule has 0 aromatic rings. The second-order valence-corrected chi connectivity index (χ2v) is 17.9. The van der Waals surface area contributed by atoms with Gasteiger partial charge in [0.1, 0.15) is 36.6 Å². The molecule has 1 aliphatic carbocycles. The van der Waals surface area contributed by atoms with Crippen molar-refractivity contribution in [3.05, 3.63) is 36.5 Å². The molecule has 0 saturated heterocycles. The van der Waals surface area contributed by atoms with Crippen LogP contribution < -0.4 is 5.32 Å². The fourth-order valence-corrected chi connectivity index (χ4v) is 8.14. The Morgan fingerprint density at radius 3 is 1.53 bits per heavy atom. The molecule has 0 heterocycles. The number of carbonyl (C=O) groups excluding carboxylic acids is 1. The zero-order valence-electron chi connectivity index (χ0n) is 36.4. The molecule has 14 heteroatoms. The van der Waals surface area contributed by atoms with Crippen molar-refractivity contribution in [1.82, 2.24) is 5.32 Å². The van der Waals surface area contributed by atoms with Gasteiger partial charge in [0, 0.05) is 0 Å². The van der Waals surface area contributed by atoms with E-state index in [0.29, 0.717) is 12.8 Å². The summed E-state index contributed by atoms with van der Waals surface area (Å²) in [6.45, 7) is 3.69. The average Bonchev–Trinajstić information content (AvgIpc) is 3.21. The van der Waals surface area contributed by atoms with Crippen molar-refractivity contribution in [3.8, 4) is 0 Å². The molecule has 1 amide bonds. The third-order valence-corrected chi connectivity index (χ3v) is 12.0. The number of unbranched alkanes of at least 4 members (excludes halogenated alkanes) is 21. The van der Waals surface area contributed by atoms with E-state index in [-0.39, 0.29) is 6.42 Å². The predicted octanol–water partition coefficient (Wildman–Crippen LogP) is 7.36. The average molecular weight is 862 g/mol. The van der Waals surface area contributed by atoms with Crippen LogP contribution in [-0.2, 0) is 18.4 Å². The predicted molar refractivity (Wildman–Crippen MR) is 233 cm³/mol. The van der Waals surface area contributed by atoms with E-state index < -0.39 is 75.2 Å². The summed E-state index contributed by atoms with van der Waals surface area (Å²) in [7, 11) is -5.14. The Labute approximate surface area is 356 Å². The number of rotatable bonds is 37. The maximum absolute atomic E-state index is 13.0. The number of allylic oxidation sites excluding steroid dienone is 5. The number of aliphatic hydroxyl groups excluding tert-OH is 7. The molecule has 0 aromatic heterocycles. The van der Waals surface area contributed by atoms with E-state index in [9.17, 15) is 50.0 Å². The molecule has 8 unspecified atom stereocenters. The van der Waals surface area contributed by atoms with Crippen molar-refractivity contribution in [2.45, 2.75) is 236 Å². The van der Waals surface area contributed by atoms with Crippen LogP contribution in [0.3, 0.4) is 0 Å². The Morgan fingerprint density at radius 1 is 0.610 bits per heavy atom. The lowest BCUT2D eigenvalue weighted by atomic mass is 9.85. The van der Waals surface area contributed by atoms with E-state index in [0.717, 1.165) is 57.8 Å². The van der Waals surface area contributed by atoms with Gasteiger partial charge in [-0.05, 0) is 44.9 Å². The summed E-state index contributed by atoms with van der Waals surface area (Å²) in [5.41, 5.74) is 0. The normalized spacial score (nSPS) is 23.9. The van der Waals surface area contributed by atoms with Crippen molar-refractivity contribution in [1.29, 1.82) is 0 Å². The number of phosphoric ester groups is 1. The van der Waals surface area contributed by atoms with E-state index in [1.54, 1.807) is 6.08 Å². The molecule has 346 valence electrons. The van der Waals surface area contributed by atoms with Crippen LogP contribution in [0.5, 0.6) is 0 Å². The second kappa shape index (κ2) is 35.0. The number of amides is 1. The van der Waals surface area contributed by atoms with Gasteiger partial charge in [-0.15, -0.1) is 0 Å². The van der Waals surface area contributed by atoms with Gasteiger partial charge in [0.25, 0.3) is 0 Å². The molecule has 1 fully saturated rings. The first-order valence-electron chi connectivity index (χ1n) is 23.0. The molecule has 0 spiro atoms. The molecule has 1 saturated carbocycles. The minimum Gasteiger partial charge on any atom is -0.393 e. The third kappa shape index (κ3) is 27.2. The van der Waals surface area contributed by atoms with E-state index in [4.69, 9.17) is 9.05 Å². The Kier molecular flexibility index (Phi) is 33.0. The van der Waals surface area contributed by atoms with Crippen molar-refractivity contribution in [2.24, 2.45) is 0 Å². The lowest BCUT2D eigenvalue weighted by Crippen LogP contribution is -2.64. The number of hydrogen-bond acceptors (Lipinski definition) is 11. The van der Waals surface area contributed by atoms with Crippen LogP contribution in [0, 0.1) is 0 Å². The Bertz CT molecular complexity index is 1160. The second-order valence-electron chi connectivity index (χ2n) is 16.5. The minimum atomic E-state index is -5.14. The molecule has 0 radical (unpaired) electrons. The summed E-state index contributed by atoms with van der Waals surface area (Å²) >= 11 is 0. The largest absolute Gasteiger partial charge is 0.472 e. The van der Waals surface area contributed by atoms with E-state index in [1.807, 2.05) is 0 Å². The molecule has 0 bridgehead atoms. The number of phosphoric acid groups is 1. The molecule has 13 nitrogen and oxygen atoms in total. The highest BCUT2D eigenvalue weighted by Gasteiger charge is 2.51. The highest BCUT2D eigenvalue weighted by atomic mass is 31.2. The zero-order valence-corrected chi connectivity index (χ0v) is 37.3. The van der Waals surface area contributed by atoms with E-state index >= 15 is 0 Å². The molecular formula is C45H84NO12P. The Hall–Kier alpha value is -1.48. The van der Waals surface area contributed by atoms with Crippen LogP contribution in [0.1, 0.15) is 181 Å². The first-order chi connectivity index (χ1) is 28.3. The fraction of sp³-hybridized carbons (Fsp3) is 0.844. The van der Waals surface area contributed by atoms with Crippen LogP contribution in [0.15, 0.2) is 36.5 Å². The summed E-state index contributed by atoms with van der Waals surface area (Å²) in [6, 6.07) is -1.25. The van der Waals surface area contributed by atoms with Crippen LogP contribution in [0.2, 0.25) is 0 Å². The molecule has 9 N–H and O–H groups in total. The quantitative estimate of drug-likeness (QED) is 0.0129. The van der Waals surface area contributed by atoms with Crippen LogP contribution >= 0.6 is 7.82 Å². The summed E-state index contributed by atoms with van der Waals surface area (Å²) in [4.78, 5) is 23.4. The van der Waals surface area contributed by atoms with Crippen LogP contribution in [0.25, 0.3) is 0 Å². The number of hydrogen-bond donors (Lipinski definition) is 9. The topological polar surface area (TPSA) is 226 Å². The maximum Gasteiger partial charge on any atom is 0.472 e. The van der Waals surface area contributed by atoms with Crippen molar-refractivity contribution < 1.29 is 59.0 Å². The molecule has 0 aromatic carbocycles. The molecule has 1 aliphatic rings. The number of aliphatic hydroxyl groups is 7. The van der Waals surface area contributed by atoms with Gasteiger partial charge in [-0.25, -0.2) is 4.57 Å². The van der Waals surface area contributed by atoms with Gasteiger partial charge in [0.05, 0.1) is 31.3 Å². The maximum atomic E-state index is 13.0. The van der Waals surface area contributed by atoms with Crippen molar-refractivity contribution in [2.75, 3.05) is 6.61 Å². The monoisotopic (exact) mass is 862 g/mol. The van der Waals surface area contributed by atoms with Gasteiger partial charge >= 0.3 is 7.82 Å². The summed E-state index contributed by atoms with van der Waals surface area (Å²) in [6.07, 6.45) is 25.1. The molecule has 0 aliphatic heterocycles. The lowest BCUT2D eigenvalue weighted by Gasteiger charge is -2.41. The highest BCUT2D eigenvalue weighted by molar-refractivity contribution is 7.47. The SMILES string of the molecule is CCCCC/C=C\C=C/CCCCCCC(O)CC(=O)NC(COP(=O)(O)OC1C(O)C(O)C(O)C(O)C1O)C(O)/C=C/CCCCCCCCCCCCCCCC. The number of carbonyl (C=O) groups is 1. The van der Waals surface area contributed by atoms with Gasteiger partial charge in [0.2, 0.25) is 5.91 Å².